The summed E-state index contributed by atoms with van der Waals surface area (Å²) in [7, 11) is 1.54. The number of phenols is 1. The summed E-state index contributed by atoms with van der Waals surface area (Å²) in [5, 5.41) is 9.91. The zero-order valence-electron chi connectivity index (χ0n) is 10.7. The summed E-state index contributed by atoms with van der Waals surface area (Å²) in [6.45, 7) is 4.02. The second-order valence-corrected chi connectivity index (χ2v) is 4.20. The van der Waals surface area contributed by atoms with Crippen LogP contribution in [0.5, 0.6) is 11.5 Å². The van der Waals surface area contributed by atoms with Crippen molar-refractivity contribution in [1.29, 1.82) is 0 Å². The molecule has 0 aromatic heterocycles. The molecule has 0 bridgehead atoms. The van der Waals surface area contributed by atoms with Gasteiger partial charge in [-0.3, -0.25) is 4.79 Å². The lowest BCUT2D eigenvalue weighted by molar-refractivity contribution is 0.112. The molecule has 1 rings (SSSR count). The summed E-state index contributed by atoms with van der Waals surface area (Å²) in [6.07, 6.45) is 4.84. The van der Waals surface area contributed by atoms with Crippen LogP contribution in [-0.4, -0.2) is 18.5 Å². The lowest BCUT2D eigenvalue weighted by atomic mass is 9.97. The smallest absolute Gasteiger partial charge is 0.153 e. The molecule has 0 fully saturated rings. The molecular weight excluding hydrogens is 216 g/mol. The van der Waals surface area contributed by atoms with Gasteiger partial charge in [0, 0.05) is 5.56 Å². The molecule has 0 heterocycles. The molecule has 0 saturated heterocycles. The first-order chi connectivity index (χ1) is 8.15. The van der Waals surface area contributed by atoms with Crippen LogP contribution in [0.4, 0.5) is 0 Å². The first kappa shape index (κ1) is 13.6. The minimum Gasteiger partial charge on any atom is -0.508 e. The number of carbonyl (C=O) groups excluding carboxylic acids is 1. The predicted octanol–water partition coefficient (Wildman–Crippen LogP) is 3.25. The van der Waals surface area contributed by atoms with E-state index in [0.29, 0.717) is 17.6 Å². The maximum absolute atomic E-state index is 10.9. The summed E-state index contributed by atoms with van der Waals surface area (Å²) in [5.74, 6) is 0.769. The van der Waals surface area contributed by atoms with Crippen LogP contribution in [0.25, 0.3) is 0 Å². The van der Waals surface area contributed by atoms with Crippen molar-refractivity contribution in [2.24, 2.45) is 0 Å². The number of phenolic OH excluding ortho intramolecular Hbond substituents is 1. The Labute approximate surface area is 102 Å². The summed E-state index contributed by atoms with van der Waals surface area (Å²) in [4.78, 5) is 10.9. The van der Waals surface area contributed by atoms with Gasteiger partial charge in [0.05, 0.1) is 12.7 Å². The Morgan fingerprint density at radius 1 is 1.41 bits per heavy atom. The number of benzene rings is 1. The zero-order valence-corrected chi connectivity index (χ0v) is 10.7. The Bertz CT molecular complexity index is 397. The fourth-order valence-corrected chi connectivity index (χ4v) is 2.07. The van der Waals surface area contributed by atoms with Gasteiger partial charge >= 0.3 is 0 Å². The van der Waals surface area contributed by atoms with Gasteiger partial charge in [0.1, 0.15) is 11.5 Å². The van der Waals surface area contributed by atoms with Crippen LogP contribution in [0.3, 0.4) is 0 Å². The van der Waals surface area contributed by atoms with Crippen molar-refractivity contribution < 1.29 is 14.6 Å². The Hall–Kier alpha value is -1.51. The van der Waals surface area contributed by atoms with E-state index in [0.717, 1.165) is 36.8 Å². The van der Waals surface area contributed by atoms with E-state index >= 15 is 0 Å². The van der Waals surface area contributed by atoms with Crippen molar-refractivity contribution in [2.45, 2.75) is 39.5 Å². The van der Waals surface area contributed by atoms with Crippen LogP contribution in [-0.2, 0) is 6.42 Å². The monoisotopic (exact) mass is 236 g/mol. The van der Waals surface area contributed by atoms with Crippen molar-refractivity contribution in [2.75, 3.05) is 7.11 Å². The van der Waals surface area contributed by atoms with E-state index in [4.69, 9.17) is 4.74 Å². The van der Waals surface area contributed by atoms with Crippen LogP contribution in [0.2, 0.25) is 0 Å². The van der Waals surface area contributed by atoms with Gasteiger partial charge in [-0.15, -0.1) is 0 Å². The third-order valence-corrected chi connectivity index (χ3v) is 3.02. The first-order valence-electron chi connectivity index (χ1n) is 6.00. The van der Waals surface area contributed by atoms with Gasteiger partial charge in [-0.05, 0) is 31.4 Å². The lowest BCUT2D eigenvalue weighted by Crippen LogP contribution is -1.99. The van der Waals surface area contributed by atoms with Gasteiger partial charge in [0.2, 0.25) is 0 Å². The second-order valence-electron chi connectivity index (χ2n) is 4.20. The zero-order chi connectivity index (χ0) is 12.8. The standard InChI is InChI=1S/C14H20O3/c1-4-5-6-7-12-10(2)14(17-3)11(9-15)8-13(12)16/h8-9,16H,4-7H2,1-3H3. The van der Waals surface area contributed by atoms with Crippen LogP contribution < -0.4 is 4.74 Å². The average molecular weight is 236 g/mol. The molecular formula is C14H20O3. The quantitative estimate of drug-likeness (QED) is 0.609. The highest BCUT2D eigenvalue weighted by atomic mass is 16.5. The molecule has 0 aliphatic carbocycles. The summed E-state index contributed by atoms with van der Waals surface area (Å²) in [6, 6.07) is 1.49. The first-order valence-corrected chi connectivity index (χ1v) is 6.00. The van der Waals surface area contributed by atoms with E-state index in [9.17, 15) is 9.90 Å². The number of aromatic hydroxyl groups is 1. The molecule has 94 valence electrons. The molecule has 0 unspecified atom stereocenters. The molecule has 3 heteroatoms. The highest BCUT2D eigenvalue weighted by Gasteiger charge is 2.14. The fourth-order valence-electron chi connectivity index (χ4n) is 2.07. The number of aldehydes is 1. The van der Waals surface area contributed by atoms with Crippen molar-refractivity contribution in [3.63, 3.8) is 0 Å². The molecule has 0 aliphatic rings. The normalized spacial score (nSPS) is 10.3. The minimum absolute atomic E-state index is 0.196. The molecule has 3 nitrogen and oxygen atoms in total. The predicted molar refractivity (Wildman–Crippen MR) is 68.0 cm³/mol. The summed E-state index contributed by atoms with van der Waals surface area (Å²) >= 11 is 0. The summed E-state index contributed by atoms with van der Waals surface area (Å²) in [5.41, 5.74) is 2.16. The highest BCUT2D eigenvalue weighted by Crippen LogP contribution is 2.33. The Balaban J connectivity index is 3.08. The van der Waals surface area contributed by atoms with Gasteiger partial charge in [-0.1, -0.05) is 19.8 Å². The number of carbonyl (C=O) groups is 1. The van der Waals surface area contributed by atoms with Crippen LogP contribution >= 0.6 is 0 Å². The van der Waals surface area contributed by atoms with Gasteiger partial charge in [0.25, 0.3) is 0 Å². The molecule has 0 spiro atoms. The Kier molecular flexibility index (Phi) is 5.01. The number of rotatable bonds is 6. The van der Waals surface area contributed by atoms with Gasteiger partial charge in [0.15, 0.2) is 6.29 Å². The van der Waals surface area contributed by atoms with Gasteiger partial charge in [-0.25, -0.2) is 0 Å². The number of hydrogen-bond donors (Lipinski definition) is 1. The van der Waals surface area contributed by atoms with E-state index < -0.39 is 0 Å². The van der Waals surface area contributed by atoms with E-state index in [2.05, 4.69) is 6.92 Å². The third kappa shape index (κ3) is 2.99. The van der Waals surface area contributed by atoms with Crippen LogP contribution in [0, 0.1) is 6.92 Å². The topological polar surface area (TPSA) is 46.5 Å². The van der Waals surface area contributed by atoms with Crippen molar-refractivity contribution in [1.82, 2.24) is 0 Å². The van der Waals surface area contributed by atoms with E-state index in [1.54, 1.807) is 7.11 Å². The Morgan fingerprint density at radius 3 is 2.65 bits per heavy atom. The number of ether oxygens (including phenoxy) is 1. The van der Waals surface area contributed by atoms with E-state index in [1.807, 2.05) is 6.92 Å². The molecule has 1 N–H and O–H groups in total. The van der Waals surface area contributed by atoms with Crippen LogP contribution in [0.15, 0.2) is 6.07 Å². The average Bonchev–Trinajstić information content (AvgIpc) is 2.32. The summed E-state index contributed by atoms with van der Waals surface area (Å²) < 4.78 is 5.23. The highest BCUT2D eigenvalue weighted by molar-refractivity contribution is 5.82. The Morgan fingerprint density at radius 2 is 2.12 bits per heavy atom. The van der Waals surface area contributed by atoms with Crippen molar-refractivity contribution in [3.8, 4) is 11.5 Å². The molecule has 0 atom stereocenters. The molecule has 1 aromatic rings. The number of unbranched alkanes of at least 4 members (excludes halogenated alkanes) is 2. The van der Waals surface area contributed by atoms with Crippen molar-refractivity contribution >= 4 is 6.29 Å². The van der Waals surface area contributed by atoms with E-state index in [-0.39, 0.29) is 5.75 Å². The molecule has 0 aliphatic heterocycles. The van der Waals surface area contributed by atoms with Gasteiger partial charge < -0.3 is 9.84 Å². The SMILES string of the molecule is CCCCCc1c(O)cc(C=O)c(OC)c1C. The molecule has 1 aromatic carbocycles. The number of hydrogen-bond acceptors (Lipinski definition) is 3. The maximum atomic E-state index is 10.9. The van der Waals surface area contributed by atoms with Gasteiger partial charge in [-0.2, -0.15) is 0 Å². The lowest BCUT2D eigenvalue weighted by Gasteiger charge is -2.14. The number of methoxy groups -OCH3 is 1. The van der Waals surface area contributed by atoms with Crippen LogP contribution in [0.1, 0.15) is 47.7 Å². The maximum Gasteiger partial charge on any atom is 0.153 e. The molecule has 17 heavy (non-hydrogen) atoms. The van der Waals surface area contributed by atoms with E-state index in [1.165, 1.54) is 6.07 Å². The minimum atomic E-state index is 0.196. The molecule has 0 amide bonds. The third-order valence-electron chi connectivity index (χ3n) is 3.02. The second kappa shape index (κ2) is 6.28. The largest absolute Gasteiger partial charge is 0.508 e. The molecule has 0 saturated carbocycles. The van der Waals surface area contributed by atoms with Crippen molar-refractivity contribution in [3.05, 3.63) is 22.8 Å². The fraction of sp³-hybridized carbons (Fsp3) is 0.500. The molecule has 0 radical (unpaired) electrons.